The molecule has 4 N–H and O–H groups in total. The van der Waals surface area contributed by atoms with Gasteiger partial charge in [-0.1, -0.05) is 0 Å². The second-order valence-corrected chi connectivity index (χ2v) is 9.92. The number of alkyl carbamates (subject to hydrolysis) is 1. The average molecular weight is 518 g/mol. The molecular weight excluding hydrogens is 491 g/mol. The summed E-state index contributed by atoms with van der Waals surface area (Å²) in [6.45, 7) is 0.809. The number of amides is 1. The smallest absolute Gasteiger partial charge is 0.407 e. The van der Waals surface area contributed by atoms with E-state index < -0.39 is 34.8 Å². The molecule has 1 aliphatic rings. The van der Waals surface area contributed by atoms with Crippen molar-refractivity contribution in [1.29, 1.82) is 0 Å². The molecule has 2 aromatic rings. The molecule has 1 aromatic carbocycles. The molecule has 0 aliphatic heterocycles. The molecule has 0 spiro atoms. The highest BCUT2D eigenvalue weighted by Gasteiger charge is 2.34. The second kappa shape index (κ2) is 11.2. The summed E-state index contributed by atoms with van der Waals surface area (Å²) in [6.07, 6.45) is -3.29. The number of carbonyl (C=O) groups is 1. The van der Waals surface area contributed by atoms with Crippen LogP contribution in [0.3, 0.4) is 0 Å². The van der Waals surface area contributed by atoms with E-state index in [1.165, 1.54) is 19.1 Å². The lowest BCUT2D eigenvalue weighted by Gasteiger charge is -2.35. The van der Waals surface area contributed by atoms with Gasteiger partial charge in [-0.3, -0.25) is 0 Å². The average Bonchev–Trinajstić information content (AvgIpc) is 2.74. The molecule has 3 rings (SSSR count). The zero-order chi connectivity index (χ0) is 25.6. The van der Waals surface area contributed by atoms with Crippen LogP contribution in [0.5, 0.6) is 0 Å². The number of nitrogens with one attached hydrogen (secondary N) is 3. The van der Waals surface area contributed by atoms with Crippen LogP contribution in [0.1, 0.15) is 37.7 Å². The molecule has 1 amide bonds. The monoisotopic (exact) mass is 517 g/mol. The summed E-state index contributed by atoms with van der Waals surface area (Å²) in [5, 5.41) is 14.3. The molecule has 192 valence electrons. The van der Waals surface area contributed by atoms with Crippen LogP contribution in [0.4, 0.5) is 29.6 Å². The fourth-order valence-corrected chi connectivity index (χ4v) is 4.50. The molecule has 1 aromatic heterocycles. The van der Waals surface area contributed by atoms with Crippen molar-refractivity contribution in [3.05, 3.63) is 42.2 Å². The summed E-state index contributed by atoms with van der Waals surface area (Å²) in [6, 6.07) is 5.73. The standard InChI is InChI=1S/C21H26F3N5O5S/c1-13(10-21(22,23)24)34-20(31)29-17-8-14(9-17)15-11-25-19(26-12-15)28-16-2-4-18(5-3-16)35(32,33)27-6-7-30/h2-5,11-14,17,27,30H,6-10H2,1H3,(H,29,31)(H,25,26,28)/t13-,14?,17?/m0/s1. The van der Waals surface area contributed by atoms with E-state index in [-0.39, 0.29) is 30.0 Å². The topological polar surface area (TPSA) is 143 Å². The third kappa shape index (κ3) is 8.04. The Morgan fingerprint density at radius 3 is 2.40 bits per heavy atom. The van der Waals surface area contributed by atoms with E-state index in [4.69, 9.17) is 9.84 Å². The van der Waals surface area contributed by atoms with Gasteiger partial charge < -0.3 is 20.5 Å². The van der Waals surface area contributed by atoms with Gasteiger partial charge >= 0.3 is 12.3 Å². The van der Waals surface area contributed by atoms with Gasteiger partial charge in [0.25, 0.3) is 0 Å². The second-order valence-electron chi connectivity index (χ2n) is 8.16. The van der Waals surface area contributed by atoms with Crippen molar-refractivity contribution in [3.8, 4) is 0 Å². The molecule has 1 fully saturated rings. The molecule has 35 heavy (non-hydrogen) atoms. The van der Waals surface area contributed by atoms with Gasteiger partial charge in [0, 0.05) is 30.7 Å². The Bertz CT molecular complexity index is 1090. The number of carbonyl (C=O) groups excluding carboxylic acids is 1. The van der Waals surface area contributed by atoms with E-state index in [2.05, 4.69) is 25.3 Å². The number of benzene rings is 1. The molecule has 0 saturated heterocycles. The summed E-state index contributed by atoms with van der Waals surface area (Å²) < 4.78 is 68.0. The van der Waals surface area contributed by atoms with Crippen molar-refractivity contribution >= 4 is 27.8 Å². The maximum Gasteiger partial charge on any atom is 0.407 e. The predicted molar refractivity (Wildman–Crippen MR) is 120 cm³/mol. The Kier molecular flexibility index (Phi) is 8.51. The van der Waals surface area contributed by atoms with Crippen molar-refractivity contribution in [2.45, 2.75) is 55.3 Å². The maximum atomic E-state index is 12.3. The summed E-state index contributed by atoms with van der Waals surface area (Å²) in [5.74, 6) is 0.400. The first-order valence-corrected chi connectivity index (χ1v) is 12.3. The summed E-state index contributed by atoms with van der Waals surface area (Å²) >= 11 is 0. The molecule has 14 heteroatoms. The SMILES string of the molecule is C[C@@H](CC(F)(F)F)OC(=O)NC1CC(c2cnc(Nc3ccc(S(=O)(=O)NCCO)cc3)nc2)C1. The number of aliphatic hydroxyl groups excluding tert-OH is 1. The van der Waals surface area contributed by atoms with E-state index in [1.807, 2.05) is 0 Å². The van der Waals surface area contributed by atoms with Gasteiger partial charge in [-0.15, -0.1) is 0 Å². The van der Waals surface area contributed by atoms with Crippen LogP contribution < -0.4 is 15.4 Å². The fourth-order valence-electron chi connectivity index (χ4n) is 3.48. The number of aromatic nitrogens is 2. The third-order valence-corrected chi connectivity index (χ3v) is 6.73. The Hall–Kier alpha value is -2.97. The van der Waals surface area contributed by atoms with Crippen LogP contribution >= 0.6 is 0 Å². The van der Waals surface area contributed by atoms with E-state index in [1.54, 1.807) is 24.5 Å². The molecule has 1 saturated carbocycles. The Morgan fingerprint density at radius 2 is 1.83 bits per heavy atom. The predicted octanol–water partition coefficient (Wildman–Crippen LogP) is 2.80. The molecule has 1 atom stereocenters. The number of hydrogen-bond acceptors (Lipinski definition) is 8. The number of alkyl halides is 3. The van der Waals surface area contributed by atoms with Crippen molar-refractivity contribution < 1.29 is 36.2 Å². The molecular formula is C21H26F3N5O5S. The summed E-state index contributed by atoms with van der Waals surface area (Å²) in [7, 11) is -3.70. The number of sulfonamides is 1. The first-order valence-electron chi connectivity index (χ1n) is 10.8. The maximum absolute atomic E-state index is 12.3. The van der Waals surface area contributed by atoms with Gasteiger partial charge in [0.05, 0.1) is 17.9 Å². The van der Waals surface area contributed by atoms with Crippen LogP contribution in [-0.4, -0.2) is 61.1 Å². The van der Waals surface area contributed by atoms with Crippen molar-refractivity contribution in [2.24, 2.45) is 0 Å². The quantitative estimate of drug-likeness (QED) is 0.377. The van der Waals surface area contributed by atoms with Crippen molar-refractivity contribution in [1.82, 2.24) is 20.0 Å². The van der Waals surface area contributed by atoms with Crippen molar-refractivity contribution in [3.63, 3.8) is 0 Å². The zero-order valence-electron chi connectivity index (χ0n) is 18.7. The summed E-state index contributed by atoms with van der Waals surface area (Å²) in [4.78, 5) is 20.3. The van der Waals surface area contributed by atoms with Gasteiger partial charge in [-0.25, -0.2) is 27.9 Å². The highest BCUT2D eigenvalue weighted by Crippen LogP contribution is 2.36. The molecule has 1 heterocycles. The molecule has 10 nitrogen and oxygen atoms in total. The van der Waals surface area contributed by atoms with Crippen LogP contribution in [0.15, 0.2) is 41.6 Å². The Morgan fingerprint density at radius 1 is 1.20 bits per heavy atom. The molecule has 0 bridgehead atoms. The van der Waals surface area contributed by atoms with Gasteiger partial charge in [-0.05, 0) is 55.5 Å². The highest BCUT2D eigenvalue weighted by atomic mass is 32.2. The third-order valence-electron chi connectivity index (χ3n) is 5.26. The minimum atomic E-state index is -4.40. The van der Waals surface area contributed by atoms with Gasteiger partial charge in [-0.2, -0.15) is 13.2 Å². The molecule has 0 radical (unpaired) electrons. The van der Waals surface area contributed by atoms with Crippen molar-refractivity contribution in [2.75, 3.05) is 18.5 Å². The van der Waals surface area contributed by atoms with Crippen LogP contribution in [0.2, 0.25) is 0 Å². The van der Waals surface area contributed by atoms with Crippen LogP contribution in [0, 0.1) is 0 Å². The molecule has 1 aliphatic carbocycles. The lowest BCUT2D eigenvalue weighted by molar-refractivity contribution is -0.151. The van der Waals surface area contributed by atoms with E-state index in [0.29, 0.717) is 24.5 Å². The number of nitrogens with zero attached hydrogens (tertiary/aromatic N) is 2. The lowest BCUT2D eigenvalue weighted by Crippen LogP contribution is -2.44. The number of hydrogen-bond donors (Lipinski definition) is 4. The minimum absolute atomic E-state index is 0.0552. The lowest BCUT2D eigenvalue weighted by atomic mass is 9.77. The van der Waals surface area contributed by atoms with E-state index in [9.17, 15) is 26.4 Å². The van der Waals surface area contributed by atoms with Crippen LogP contribution in [0.25, 0.3) is 0 Å². The van der Waals surface area contributed by atoms with E-state index in [0.717, 1.165) is 5.56 Å². The largest absolute Gasteiger partial charge is 0.446 e. The number of ether oxygens (including phenoxy) is 1. The Labute approximate surface area is 200 Å². The number of aliphatic hydroxyl groups is 1. The summed E-state index contributed by atoms with van der Waals surface area (Å²) in [5.41, 5.74) is 1.42. The van der Waals surface area contributed by atoms with Gasteiger partial charge in [0.2, 0.25) is 16.0 Å². The number of halogens is 3. The first kappa shape index (κ1) is 26.6. The van der Waals surface area contributed by atoms with Gasteiger partial charge in [0.1, 0.15) is 6.10 Å². The molecule has 0 unspecified atom stereocenters. The normalized spacial score (nSPS) is 18.9. The van der Waals surface area contributed by atoms with E-state index >= 15 is 0 Å². The highest BCUT2D eigenvalue weighted by molar-refractivity contribution is 7.89. The van der Waals surface area contributed by atoms with Crippen LogP contribution in [-0.2, 0) is 14.8 Å². The minimum Gasteiger partial charge on any atom is -0.446 e. The Balaban J connectivity index is 1.45. The number of rotatable bonds is 10. The number of anilines is 2. The van der Waals surface area contributed by atoms with Gasteiger partial charge in [0.15, 0.2) is 0 Å². The zero-order valence-corrected chi connectivity index (χ0v) is 19.6. The fraction of sp³-hybridized carbons (Fsp3) is 0.476. The first-order chi connectivity index (χ1) is 16.4.